The number of pyridine rings is 1. The Kier molecular flexibility index (Phi) is 5.38. The van der Waals surface area contributed by atoms with Crippen LogP contribution in [0.3, 0.4) is 0 Å². The molecule has 3 N–H and O–H groups in total. The number of hydrogen-bond donors (Lipinski definition) is 2. The van der Waals surface area contributed by atoms with E-state index in [0.717, 1.165) is 69.7 Å². The predicted molar refractivity (Wildman–Crippen MR) is 107 cm³/mol. The topological polar surface area (TPSA) is 78.0 Å². The smallest absolute Gasteiger partial charge is 0.141 e. The van der Waals surface area contributed by atoms with Crippen LogP contribution in [0.25, 0.3) is 0 Å². The second kappa shape index (κ2) is 8.08. The normalized spacial score (nSPS) is 20.0. The molecule has 0 amide bonds. The summed E-state index contributed by atoms with van der Waals surface area (Å²) in [5, 5.41) is 13.2. The Labute approximate surface area is 161 Å². The van der Waals surface area contributed by atoms with E-state index in [4.69, 9.17) is 5.73 Å². The SMILES string of the molecule is N#Cc1c(N)nc2c(c1C1CCCNC1)CN(CCc1ccccc1)CC2. The van der Waals surface area contributed by atoms with Gasteiger partial charge in [0, 0.05) is 38.3 Å². The Hall–Kier alpha value is -2.42. The van der Waals surface area contributed by atoms with E-state index in [-0.39, 0.29) is 0 Å². The number of nitriles is 1. The maximum atomic E-state index is 9.75. The summed E-state index contributed by atoms with van der Waals surface area (Å²) in [6, 6.07) is 13.0. The molecule has 27 heavy (non-hydrogen) atoms. The summed E-state index contributed by atoms with van der Waals surface area (Å²) >= 11 is 0. The quantitative estimate of drug-likeness (QED) is 0.875. The molecule has 1 atom stereocenters. The van der Waals surface area contributed by atoms with Crippen LogP contribution in [0.15, 0.2) is 30.3 Å². The van der Waals surface area contributed by atoms with E-state index in [0.29, 0.717) is 17.3 Å². The van der Waals surface area contributed by atoms with Crippen LogP contribution in [0.5, 0.6) is 0 Å². The van der Waals surface area contributed by atoms with Gasteiger partial charge in [-0.3, -0.25) is 4.90 Å². The van der Waals surface area contributed by atoms with E-state index in [2.05, 4.69) is 51.6 Å². The molecule has 0 spiro atoms. The molecule has 1 aromatic heterocycles. The molecule has 3 heterocycles. The van der Waals surface area contributed by atoms with E-state index < -0.39 is 0 Å². The summed E-state index contributed by atoms with van der Waals surface area (Å²) in [4.78, 5) is 7.10. The first-order valence-corrected chi connectivity index (χ1v) is 9.94. The van der Waals surface area contributed by atoms with E-state index in [1.54, 1.807) is 0 Å². The Balaban J connectivity index is 1.60. The molecule has 0 saturated carbocycles. The lowest BCUT2D eigenvalue weighted by molar-refractivity contribution is 0.253. The van der Waals surface area contributed by atoms with Gasteiger partial charge in [0.15, 0.2) is 0 Å². The van der Waals surface area contributed by atoms with Crippen molar-refractivity contribution >= 4 is 5.82 Å². The molecule has 2 aliphatic rings. The third-order valence-electron chi connectivity index (χ3n) is 5.88. The fraction of sp³-hybridized carbons (Fsp3) is 0.455. The molecule has 4 rings (SSSR count). The summed E-state index contributed by atoms with van der Waals surface area (Å²) in [6.45, 7) is 4.88. The molecule has 1 aromatic carbocycles. The van der Waals surface area contributed by atoms with Gasteiger partial charge in [0.25, 0.3) is 0 Å². The highest BCUT2D eigenvalue weighted by molar-refractivity contribution is 5.59. The van der Waals surface area contributed by atoms with Crippen LogP contribution < -0.4 is 11.1 Å². The summed E-state index contributed by atoms with van der Waals surface area (Å²) < 4.78 is 0. The summed E-state index contributed by atoms with van der Waals surface area (Å²) in [5.74, 6) is 0.774. The molecule has 0 radical (unpaired) electrons. The number of nitrogens with zero attached hydrogens (tertiary/aromatic N) is 3. The second-order valence-corrected chi connectivity index (χ2v) is 7.63. The van der Waals surface area contributed by atoms with E-state index in [1.807, 2.05) is 0 Å². The fourth-order valence-corrected chi connectivity index (χ4v) is 4.45. The van der Waals surface area contributed by atoms with Crippen LogP contribution in [0.1, 0.15) is 46.7 Å². The highest BCUT2D eigenvalue weighted by Gasteiger charge is 2.29. The van der Waals surface area contributed by atoms with Crippen molar-refractivity contribution in [3.05, 3.63) is 58.3 Å². The number of benzene rings is 1. The van der Waals surface area contributed by atoms with E-state index >= 15 is 0 Å². The molecule has 2 aromatic rings. The van der Waals surface area contributed by atoms with Crippen molar-refractivity contribution in [2.45, 2.75) is 38.1 Å². The third kappa shape index (κ3) is 3.83. The van der Waals surface area contributed by atoms with Gasteiger partial charge in [0.1, 0.15) is 11.9 Å². The van der Waals surface area contributed by atoms with Crippen molar-refractivity contribution < 1.29 is 0 Å². The molecule has 140 valence electrons. The van der Waals surface area contributed by atoms with Crippen molar-refractivity contribution in [1.82, 2.24) is 15.2 Å². The zero-order chi connectivity index (χ0) is 18.6. The lowest BCUT2D eigenvalue weighted by atomic mass is 9.83. The molecule has 1 saturated heterocycles. The van der Waals surface area contributed by atoms with Gasteiger partial charge in [-0.05, 0) is 48.4 Å². The minimum absolute atomic E-state index is 0.363. The van der Waals surface area contributed by atoms with Crippen molar-refractivity contribution in [3.63, 3.8) is 0 Å². The van der Waals surface area contributed by atoms with Gasteiger partial charge < -0.3 is 11.1 Å². The number of aromatic nitrogens is 1. The zero-order valence-electron chi connectivity index (χ0n) is 15.7. The largest absolute Gasteiger partial charge is 0.383 e. The Morgan fingerprint density at radius 3 is 2.89 bits per heavy atom. The lowest BCUT2D eigenvalue weighted by Gasteiger charge is -2.33. The van der Waals surface area contributed by atoms with Gasteiger partial charge in [0.05, 0.1) is 5.56 Å². The van der Waals surface area contributed by atoms with Gasteiger partial charge >= 0.3 is 0 Å². The molecule has 5 heteroatoms. The second-order valence-electron chi connectivity index (χ2n) is 7.63. The third-order valence-corrected chi connectivity index (χ3v) is 5.88. The van der Waals surface area contributed by atoms with Crippen LogP contribution in [0.4, 0.5) is 5.82 Å². The van der Waals surface area contributed by atoms with Gasteiger partial charge in [-0.1, -0.05) is 30.3 Å². The number of nitrogen functional groups attached to an aromatic ring is 1. The van der Waals surface area contributed by atoms with Crippen LogP contribution in [0, 0.1) is 11.3 Å². The van der Waals surface area contributed by atoms with Crippen LogP contribution in [-0.4, -0.2) is 36.1 Å². The number of rotatable bonds is 4. The predicted octanol–water partition coefficient (Wildman–Crippen LogP) is 2.60. The Morgan fingerprint density at radius 2 is 2.15 bits per heavy atom. The monoisotopic (exact) mass is 361 g/mol. The standard InChI is InChI=1S/C22H27N5/c23-13-18-21(17-7-4-10-25-14-17)19-15-27(12-9-20(19)26-22(18)24)11-8-16-5-2-1-3-6-16/h1-3,5-6,17,25H,4,7-12,14-15H2,(H2,24,26). The Morgan fingerprint density at radius 1 is 1.30 bits per heavy atom. The Bertz CT molecular complexity index is 834. The van der Waals surface area contributed by atoms with Gasteiger partial charge in [-0.25, -0.2) is 4.98 Å². The highest BCUT2D eigenvalue weighted by atomic mass is 15.1. The van der Waals surface area contributed by atoms with E-state index in [1.165, 1.54) is 11.1 Å². The zero-order valence-corrected chi connectivity index (χ0v) is 15.7. The van der Waals surface area contributed by atoms with Crippen LogP contribution >= 0.6 is 0 Å². The number of nitrogens with one attached hydrogen (secondary N) is 1. The molecule has 0 aliphatic carbocycles. The first-order valence-electron chi connectivity index (χ1n) is 9.94. The maximum absolute atomic E-state index is 9.75. The molecule has 5 nitrogen and oxygen atoms in total. The maximum Gasteiger partial charge on any atom is 0.141 e. The first kappa shape index (κ1) is 18.0. The molecule has 1 fully saturated rings. The summed E-state index contributed by atoms with van der Waals surface area (Å²) in [7, 11) is 0. The van der Waals surface area contributed by atoms with E-state index in [9.17, 15) is 5.26 Å². The average Bonchev–Trinajstić information content (AvgIpc) is 2.72. The molecule has 1 unspecified atom stereocenters. The molecule has 0 bridgehead atoms. The number of fused-ring (bicyclic) bond motifs is 1. The summed E-state index contributed by atoms with van der Waals surface area (Å²) in [5.41, 5.74) is 11.7. The number of nitrogens with two attached hydrogens (primary N) is 1. The van der Waals surface area contributed by atoms with Gasteiger partial charge in [-0.15, -0.1) is 0 Å². The number of hydrogen-bond acceptors (Lipinski definition) is 5. The van der Waals surface area contributed by atoms with Gasteiger partial charge in [-0.2, -0.15) is 5.26 Å². The van der Waals surface area contributed by atoms with Crippen LogP contribution in [0.2, 0.25) is 0 Å². The fourth-order valence-electron chi connectivity index (χ4n) is 4.45. The van der Waals surface area contributed by atoms with Crippen molar-refractivity contribution in [2.24, 2.45) is 0 Å². The van der Waals surface area contributed by atoms with Crippen LogP contribution in [-0.2, 0) is 19.4 Å². The van der Waals surface area contributed by atoms with Gasteiger partial charge in [0.2, 0.25) is 0 Å². The molecule has 2 aliphatic heterocycles. The lowest BCUT2D eigenvalue weighted by Crippen LogP contribution is -2.36. The van der Waals surface area contributed by atoms with Crippen molar-refractivity contribution in [3.8, 4) is 6.07 Å². The van der Waals surface area contributed by atoms with Crippen molar-refractivity contribution in [2.75, 3.05) is 31.9 Å². The average molecular weight is 361 g/mol. The highest BCUT2D eigenvalue weighted by Crippen LogP contribution is 2.35. The number of piperidine rings is 1. The number of anilines is 1. The first-order chi connectivity index (χ1) is 13.3. The molecular weight excluding hydrogens is 334 g/mol. The van der Waals surface area contributed by atoms with Crippen molar-refractivity contribution in [1.29, 1.82) is 5.26 Å². The minimum atomic E-state index is 0.363. The summed E-state index contributed by atoms with van der Waals surface area (Å²) in [6.07, 6.45) is 4.21. The minimum Gasteiger partial charge on any atom is -0.383 e. The molecular formula is C22H27N5.